The highest BCUT2D eigenvalue weighted by atomic mass is 16.5. The van der Waals surface area contributed by atoms with Crippen LogP contribution in [-0.2, 0) is 14.3 Å². The van der Waals surface area contributed by atoms with Crippen LogP contribution in [0.2, 0.25) is 0 Å². The van der Waals surface area contributed by atoms with Crippen LogP contribution < -0.4 is 0 Å². The van der Waals surface area contributed by atoms with Gasteiger partial charge >= 0.3 is 5.97 Å². The molecule has 0 radical (unpaired) electrons. The fourth-order valence-corrected chi connectivity index (χ4v) is 3.17. The zero-order chi connectivity index (χ0) is 11.5. The SMILES string of the molecule is C=CC(=O)OC1CCC2CC(C=O)CC1C2. The van der Waals surface area contributed by atoms with Crippen LogP contribution in [0.5, 0.6) is 0 Å². The van der Waals surface area contributed by atoms with Gasteiger partial charge in [0.1, 0.15) is 12.4 Å². The second kappa shape index (κ2) is 4.81. The van der Waals surface area contributed by atoms with Crippen LogP contribution in [0.3, 0.4) is 0 Å². The van der Waals surface area contributed by atoms with Crippen LogP contribution in [-0.4, -0.2) is 18.4 Å². The Labute approximate surface area is 95.9 Å². The molecule has 0 spiro atoms. The topological polar surface area (TPSA) is 43.4 Å². The Morgan fingerprint density at radius 2 is 2.06 bits per heavy atom. The van der Waals surface area contributed by atoms with E-state index in [0.29, 0.717) is 11.8 Å². The summed E-state index contributed by atoms with van der Waals surface area (Å²) in [7, 11) is 0. The lowest BCUT2D eigenvalue weighted by atomic mass is 9.67. The molecule has 2 rings (SSSR count). The molecule has 0 amide bonds. The maximum Gasteiger partial charge on any atom is 0.330 e. The lowest BCUT2D eigenvalue weighted by molar-refractivity contribution is -0.150. The van der Waals surface area contributed by atoms with E-state index in [9.17, 15) is 9.59 Å². The largest absolute Gasteiger partial charge is 0.459 e. The number of aldehydes is 1. The van der Waals surface area contributed by atoms with Crippen molar-refractivity contribution in [3.8, 4) is 0 Å². The van der Waals surface area contributed by atoms with E-state index < -0.39 is 0 Å². The Bertz CT molecular complexity index is 298. The Morgan fingerprint density at radius 3 is 2.75 bits per heavy atom. The molecule has 0 aliphatic heterocycles. The van der Waals surface area contributed by atoms with Crippen molar-refractivity contribution in [2.24, 2.45) is 17.8 Å². The van der Waals surface area contributed by atoms with Gasteiger partial charge in [-0.15, -0.1) is 0 Å². The average molecular weight is 222 g/mol. The second-order valence-electron chi connectivity index (χ2n) is 4.99. The van der Waals surface area contributed by atoms with Gasteiger partial charge in [-0.1, -0.05) is 6.58 Å². The van der Waals surface area contributed by atoms with Gasteiger partial charge in [0.2, 0.25) is 0 Å². The predicted octanol–water partition coefficient (Wildman–Crippen LogP) is 2.11. The van der Waals surface area contributed by atoms with E-state index in [2.05, 4.69) is 6.58 Å². The van der Waals surface area contributed by atoms with Crippen molar-refractivity contribution in [2.75, 3.05) is 0 Å². The van der Waals surface area contributed by atoms with Crippen LogP contribution in [0.4, 0.5) is 0 Å². The van der Waals surface area contributed by atoms with E-state index in [-0.39, 0.29) is 18.0 Å². The summed E-state index contributed by atoms with van der Waals surface area (Å²) >= 11 is 0. The molecule has 2 saturated carbocycles. The summed E-state index contributed by atoms with van der Waals surface area (Å²) in [6, 6.07) is 0. The number of ether oxygens (including phenoxy) is 1. The number of hydrogen-bond donors (Lipinski definition) is 0. The minimum absolute atomic E-state index is 0.00417. The molecule has 0 heterocycles. The summed E-state index contributed by atoms with van der Waals surface area (Å²) in [5.74, 6) is 0.880. The van der Waals surface area contributed by atoms with Crippen molar-refractivity contribution in [1.29, 1.82) is 0 Å². The van der Waals surface area contributed by atoms with Crippen molar-refractivity contribution in [2.45, 2.75) is 38.2 Å². The molecule has 0 aromatic heterocycles. The molecule has 4 atom stereocenters. The quantitative estimate of drug-likeness (QED) is 0.417. The van der Waals surface area contributed by atoms with Crippen LogP contribution in [0.15, 0.2) is 12.7 Å². The number of carbonyl (C=O) groups is 2. The van der Waals surface area contributed by atoms with Gasteiger partial charge in [-0.3, -0.25) is 0 Å². The van der Waals surface area contributed by atoms with E-state index in [4.69, 9.17) is 4.74 Å². The summed E-state index contributed by atoms with van der Waals surface area (Å²) < 4.78 is 5.35. The number of hydrogen-bond acceptors (Lipinski definition) is 3. The average Bonchev–Trinajstić information content (AvgIpc) is 2.32. The van der Waals surface area contributed by atoms with Crippen LogP contribution >= 0.6 is 0 Å². The van der Waals surface area contributed by atoms with Gasteiger partial charge in [-0.05, 0) is 43.9 Å². The summed E-state index contributed by atoms with van der Waals surface area (Å²) in [5, 5.41) is 0. The molecule has 16 heavy (non-hydrogen) atoms. The van der Waals surface area contributed by atoms with Crippen LogP contribution in [0.1, 0.15) is 32.1 Å². The molecule has 88 valence electrons. The van der Waals surface area contributed by atoms with Crippen LogP contribution in [0, 0.1) is 17.8 Å². The first kappa shape index (κ1) is 11.4. The van der Waals surface area contributed by atoms with Gasteiger partial charge in [0.15, 0.2) is 0 Å². The Hall–Kier alpha value is -1.12. The van der Waals surface area contributed by atoms with E-state index in [1.54, 1.807) is 0 Å². The van der Waals surface area contributed by atoms with Gasteiger partial charge in [-0.2, -0.15) is 0 Å². The molecule has 3 heteroatoms. The van der Waals surface area contributed by atoms with Crippen LogP contribution in [0.25, 0.3) is 0 Å². The Morgan fingerprint density at radius 1 is 1.25 bits per heavy atom. The number of fused-ring (bicyclic) bond motifs is 2. The molecule has 4 unspecified atom stereocenters. The van der Waals surface area contributed by atoms with Crippen molar-refractivity contribution in [3.63, 3.8) is 0 Å². The first-order valence-corrected chi connectivity index (χ1v) is 6.01. The normalized spacial score (nSPS) is 37.5. The van der Waals surface area contributed by atoms with Crippen molar-refractivity contribution in [1.82, 2.24) is 0 Å². The summed E-state index contributed by atoms with van der Waals surface area (Å²) in [6.45, 7) is 3.41. The van der Waals surface area contributed by atoms with Crippen molar-refractivity contribution >= 4 is 12.3 Å². The fourth-order valence-electron chi connectivity index (χ4n) is 3.17. The fraction of sp³-hybridized carbons (Fsp3) is 0.692. The minimum Gasteiger partial charge on any atom is -0.459 e. The first-order valence-electron chi connectivity index (χ1n) is 6.01. The monoisotopic (exact) mass is 222 g/mol. The van der Waals surface area contributed by atoms with E-state index in [1.165, 1.54) is 6.08 Å². The molecule has 0 aromatic carbocycles. The second-order valence-corrected chi connectivity index (χ2v) is 4.99. The summed E-state index contributed by atoms with van der Waals surface area (Å²) in [6.07, 6.45) is 7.33. The third-order valence-corrected chi connectivity index (χ3v) is 3.89. The Kier molecular flexibility index (Phi) is 3.42. The molecule has 2 bridgehead atoms. The van der Waals surface area contributed by atoms with Gasteiger partial charge < -0.3 is 9.53 Å². The van der Waals surface area contributed by atoms with Gasteiger partial charge in [-0.25, -0.2) is 4.79 Å². The van der Waals surface area contributed by atoms with Crippen molar-refractivity contribution in [3.05, 3.63) is 12.7 Å². The zero-order valence-corrected chi connectivity index (χ0v) is 9.43. The zero-order valence-electron chi connectivity index (χ0n) is 9.43. The molecular weight excluding hydrogens is 204 g/mol. The molecule has 0 saturated heterocycles. The highest BCUT2D eigenvalue weighted by molar-refractivity contribution is 5.81. The van der Waals surface area contributed by atoms with Gasteiger partial charge in [0, 0.05) is 12.0 Å². The molecule has 2 fully saturated rings. The molecule has 2 aliphatic rings. The number of carbonyl (C=O) groups excluding carboxylic acids is 2. The number of esters is 1. The maximum absolute atomic E-state index is 11.2. The van der Waals surface area contributed by atoms with E-state index in [0.717, 1.165) is 38.4 Å². The molecule has 0 N–H and O–H groups in total. The Balaban J connectivity index is 1.98. The lowest BCUT2D eigenvalue weighted by Crippen LogP contribution is -2.38. The van der Waals surface area contributed by atoms with Gasteiger partial charge in [0.25, 0.3) is 0 Å². The maximum atomic E-state index is 11.2. The molecule has 0 aromatic rings. The smallest absolute Gasteiger partial charge is 0.330 e. The first-order chi connectivity index (χ1) is 7.72. The predicted molar refractivity (Wildman–Crippen MR) is 59.7 cm³/mol. The summed E-state index contributed by atoms with van der Waals surface area (Å²) in [5.41, 5.74) is 0. The van der Waals surface area contributed by atoms with E-state index >= 15 is 0 Å². The highest BCUT2D eigenvalue weighted by Gasteiger charge is 2.38. The molecule has 2 aliphatic carbocycles. The third kappa shape index (κ3) is 2.34. The highest BCUT2D eigenvalue weighted by Crippen LogP contribution is 2.43. The summed E-state index contributed by atoms with van der Waals surface area (Å²) in [4.78, 5) is 22.0. The lowest BCUT2D eigenvalue weighted by Gasteiger charge is -2.41. The van der Waals surface area contributed by atoms with Gasteiger partial charge in [0.05, 0.1) is 0 Å². The minimum atomic E-state index is -0.336. The van der Waals surface area contributed by atoms with E-state index in [1.807, 2.05) is 0 Å². The third-order valence-electron chi connectivity index (χ3n) is 3.89. The molecular formula is C13H18O3. The number of rotatable bonds is 3. The van der Waals surface area contributed by atoms with Crippen molar-refractivity contribution < 1.29 is 14.3 Å². The standard InChI is InChI=1S/C13H18O3/c1-2-13(15)16-12-4-3-9-5-10(8-14)7-11(12)6-9/h2,8-12H,1,3-7H2. The molecule has 3 nitrogen and oxygen atoms in total.